The Morgan fingerprint density at radius 3 is 2.73 bits per heavy atom. The van der Waals surface area contributed by atoms with E-state index in [0.717, 1.165) is 15.6 Å². The van der Waals surface area contributed by atoms with E-state index < -0.39 is 0 Å². The van der Waals surface area contributed by atoms with Gasteiger partial charge < -0.3 is 5.32 Å². The summed E-state index contributed by atoms with van der Waals surface area (Å²) in [5.74, 6) is 0.342. The van der Waals surface area contributed by atoms with Crippen LogP contribution in [0.3, 0.4) is 0 Å². The summed E-state index contributed by atoms with van der Waals surface area (Å²) >= 11 is 8.23. The molecule has 1 aromatic heterocycles. The summed E-state index contributed by atoms with van der Waals surface area (Å²) in [6.45, 7) is 7.92. The number of thioether (sulfide) groups is 1. The molecule has 22 heavy (non-hydrogen) atoms. The second-order valence-electron chi connectivity index (χ2n) is 5.92. The van der Waals surface area contributed by atoms with Crippen LogP contribution in [0, 0.1) is 10.9 Å². The van der Waals surface area contributed by atoms with Crippen molar-refractivity contribution in [2.24, 2.45) is 0 Å². The highest BCUT2D eigenvalue weighted by Gasteiger charge is 2.15. The van der Waals surface area contributed by atoms with Crippen molar-refractivity contribution in [2.45, 2.75) is 37.6 Å². The Morgan fingerprint density at radius 1 is 1.41 bits per heavy atom. The van der Waals surface area contributed by atoms with E-state index in [9.17, 15) is 4.79 Å². The standard InChI is InChI=1S/C15H19N3OS3/c1-10-7-5-6-8-11(10)18-14(20)22-13(17-18)21-9-12(19)16-15(2,3)4/h5-8H,9H2,1-4H3,(H,16,19). The van der Waals surface area contributed by atoms with Crippen molar-refractivity contribution in [1.29, 1.82) is 0 Å². The molecule has 7 heteroatoms. The lowest BCUT2D eigenvalue weighted by Crippen LogP contribution is -2.41. The fourth-order valence-electron chi connectivity index (χ4n) is 1.85. The maximum Gasteiger partial charge on any atom is 0.230 e. The highest BCUT2D eigenvalue weighted by atomic mass is 32.2. The molecule has 0 radical (unpaired) electrons. The van der Waals surface area contributed by atoms with Crippen molar-refractivity contribution >= 4 is 41.2 Å². The van der Waals surface area contributed by atoms with E-state index >= 15 is 0 Å². The molecule has 1 amide bonds. The number of carbonyl (C=O) groups excluding carboxylic acids is 1. The zero-order valence-corrected chi connectivity index (χ0v) is 15.5. The van der Waals surface area contributed by atoms with Crippen LogP contribution in [0.15, 0.2) is 28.6 Å². The van der Waals surface area contributed by atoms with Crippen LogP contribution < -0.4 is 5.32 Å². The predicted octanol–water partition coefficient (Wildman–Crippen LogP) is 3.98. The second-order valence-corrected chi connectivity index (χ2v) is 8.76. The molecule has 0 unspecified atom stereocenters. The van der Waals surface area contributed by atoms with Gasteiger partial charge in [0.25, 0.3) is 0 Å². The predicted molar refractivity (Wildman–Crippen MR) is 95.6 cm³/mol. The van der Waals surface area contributed by atoms with Gasteiger partial charge in [-0.1, -0.05) is 41.3 Å². The molecule has 0 fully saturated rings. The Labute approximate surface area is 143 Å². The van der Waals surface area contributed by atoms with Gasteiger partial charge in [0.2, 0.25) is 5.91 Å². The van der Waals surface area contributed by atoms with Gasteiger partial charge in [-0.25, -0.2) is 4.68 Å². The quantitative estimate of drug-likeness (QED) is 0.667. The number of hydrogen-bond donors (Lipinski definition) is 1. The lowest BCUT2D eigenvalue weighted by atomic mass is 10.1. The van der Waals surface area contributed by atoms with E-state index in [1.54, 1.807) is 4.68 Å². The van der Waals surface area contributed by atoms with Crippen molar-refractivity contribution in [3.63, 3.8) is 0 Å². The first-order valence-electron chi connectivity index (χ1n) is 6.86. The lowest BCUT2D eigenvalue weighted by Gasteiger charge is -2.19. The molecule has 0 atom stereocenters. The van der Waals surface area contributed by atoms with Crippen LogP contribution in [-0.4, -0.2) is 27.0 Å². The summed E-state index contributed by atoms with van der Waals surface area (Å²) in [5, 5.41) is 7.46. The molecule has 0 saturated heterocycles. The minimum Gasteiger partial charge on any atom is -0.351 e. The van der Waals surface area contributed by atoms with Gasteiger partial charge in [-0.05, 0) is 51.5 Å². The first-order valence-corrected chi connectivity index (χ1v) is 9.07. The normalized spacial score (nSPS) is 11.5. The van der Waals surface area contributed by atoms with Gasteiger partial charge >= 0.3 is 0 Å². The molecule has 2 aromatic rings. The Morgan fingerprint density at radius 2 is 2.09 bits per heavy atom. The fourth-order valence-corrected chi connectivity index (χ4v) is 4.00. The Balaban J connectivity index is 2.10. The summed E-state index contributed by atoms with van der Waals surface area (Å²) in [6.07, 6.45) is 0. The molecule has 0 aliphatic carbocycles. The van der Waals surface area contributed by atoms with E-state index in [1.807, 2.05) is 52.0 Å². The van der Waals surface area contributed by atoms with E-state index in [2.05, 4.69) is 10.4 Å². The largest absolute Gasteiger partial charge is 0.351 e. The summed E-state index contributed by atoms with van der Waals surface area (Å²) < 4.78 is 3.25. The number of rotatable bonds is 4. The SMILES string of the molecule is Cc1ccccc1-n1nc(SCC(=O)NC(C)(C)C)sc1=S. The molecule has 1 aromatic carbocycles. The highest BCUT2D eigenvalue weighted by Crippen LogP contribution is 2.25. The third-order valence-electron chi connectivity index (χ3n) is 2.71. The summed E-state index contributed by atoms with van der Waals surface area (Å²) in [7, 11) is 0. The van der Waals surface area contributed by atoms with Gasteiger partial charge in [-0.15, -0.1) is 5.10 Å². The van der Waals surface area contributed by atoms with Crippen molar-refractivity contribution in [2.75, 3.05) is 5.75 Å². The van der Waals surface area contributed by atoms with Gasteiger partial charge in [0.1, 0.15) is 0 Å². The maximum absolute atomic E-state index is 11.9. The minimum absolute atomic E-state index is 0.000982. The topological polar surface area (TPSA) is 46.9 Å². The number of amides is 1. The molecule has 0 aliphatic heterocycles. The molecule has 1 heterocycles. The van der Waals surface area contributed by atoms with Gasteiger partial charge in [0.05, 0.1) is 11.4 Å². The van der Waals surface area contributed by atoms with Crippen LogP contribution in [-0.2, 0) is 4.79 Å². The number of aromatic nitrogens is 2. The Hall–Kier alpha value is -1.18. The average Bonchev–Trinajstić information content (AvgIpc) is 2.76. The van der Waals surface area contributed by atoms with Gasteiger partial charge in [0.15, 0.2) is 8.29 Å². The number of nitrogens with zero attached hydrogens (tertiary/aromatic N) is 2. The van der Waals surface area contributed by atoms with Crippen molar-refractivity contribution in [3.05, 3.63) is 33.8 Å². The third-order valence-corrected chi connectivity index (χ3v) is 5.08. The van der Waals surface area contributed by atoms with Gasteiger partial charge in [-0.3, -0.25) is 4.79 Å². The zero-order valence-electron chi connectivity index (χ0n) is 13.0. The first-order chi connectivity index (χ1) is 10.3. The molecular weight excluding hydrogens is 334 g/mol. The lowest BCUT2D eigenvalue weighted by molar-refractivity contribution is -0.119. The van der Waals surface area contributed by atoms with E-state index in [0.29, 0.717) is 9.71 Å². The summed E-state index contributed by atoms with van der Waals surface area (Å²) in [5.41, 5.74) is 1.88. The van der Waals surface area contributed by atoms with Crippen LogP contribution in [0.1, 0.15) is 26.3 Å². The average molecular weight is 354 g/mol. The van der Waals surface area contributed by atoms with Crippen LogP contribution in [0.5, 0.6) is 0 Å². The number of carbonyl (C=O) groups is 1. The molecule has 118 valence electrons. The van der Waals surface area contributed by atoms with Crippen LogP contribution in [0.4, 0.5) is 0 Å². The molecule has 0 saturated carbocycles. The molecule has 0 aliphatic rings. The number of aryl methyl sites for hydroxylation is 1. The minimum atomic E-state index is -0.218. The van der Waals surface area contributed by atoms with Crippen LogP contribution in [0.25, 0.3) is 5.69 Å². The first kappa shape index (κ1) is 17.2. The van der Waals surface area contributed by atoms with E-state index in [4.69, 9.17) is 12.2 Å². The van der Waals surface area contributed by atoms with Crippen LogP contribution >= 0.6 is 35.3 Å². The molecule has 4 nitrogen and oxygen atoms in total. The Bertz CT molecular complexity index is 728. The summed E-state index contributed by atoms with van der Waals surface area (Å²) in [4.78, 5) is 11.9. The molecule has 2 rings (SSSR count). The van der Waals surface area contributed by atoms with Gasteiger partial charge in [-0.2, -0.15) is 0 Å². The number of nitrogens with one attached hydrogen (secondary N) is 1. The number of benzene rings is 1. The van der Waals surface area contributed by atoms with Crippen molar-refractivity contribution < 1.29 is 4.79 Å². The molecular formula is C15H19N3OS3. The molecule has 1 N–H and O–H groups in total. The molecule has 0 bridgehead atoms. The second kappa shape index (κ2) is 6.93. The Kier molecular flexibility index (Phi) is 5.41. The highest BCUT2D eigenvalue weighted by molar-refractivity contribution is 8.01. The summed E-state index contributed by atoms with van der Waals surface area (Å²) in [6, 6.07) is 7.97. The maximum atomic E-state index is 11.9. The van der Waals surface area contributed by atoms with Crippen molar-refractivity contribution in [1.82, 2.24) is 15.1 Å². The van der Waals surface area contributed by atoms with Crippen molar-refractivity contribution in [3.8, 4) is 5.69 Å². The third kappa shape index (κ3) is 4.66. The smallest absolute Gasteiger partial charge is 0.230 e. The van der Waals surface area contributed by atoms with E-state index in [-0.39, 0.29) is 11.4 Å². The van der Waals surface area contributed by atoms with Crippen LogP contribution in [0.2, 0.25) is 0 Å². The van der Waals surface area contributed by atoms with E-state index in [1.165, 1.54) is 23.1 Å². The number of hydrogen-bond acceptors (Lipinski definition) is 5. The number of para-hydroxylation sites is 1. The fraction of sp³-hybridized carbons (Fsp3) is 0.400. The monoisotopic (exact) mass is 353 g/mol. The molecule has 0 spiro atoms. The zero-order chi connectivity index (χ0) is 16.3. The van der Waals surface area contributed by atoms with Gasteiger partial charge in [0, 0.05) is 5.54 Å².